The van der Waals surface area contributed by atoms with Crippen LogP contribution in [0.5, 0.6) is 5.75 Å². The van der Waals surface area contributed by atoms with E-state index in [2.05, 4.69) is 0 Å². The van der Waals surface area contributed by atoms with Gasteiger partial charge in [0, 0.05) is 18.7 Å². The minimum atomic E-state index is -0.327. The third-order valence-electron chi connectivity index (χ3n) is 4.16. The first-order valence-electron chi connectivity index (χ1n) is 6.86. The Hall–Kier alpha value is -0.800. The molecular weight excluding hydrogens is 267 g/mol. The van der Waals surface area contributed by atoms with Gasteiger partial charge in [-0.05, 0) is 37.0 Å². The first-order chi connectivity index (χ1) is 9.21. The minimum absolute atomic E-state index is 0.0233. The number of alkyl halides is 1. The van der Waals surface area contributed by atoms with Crippen molar-refractivity contribution in [3.63, 3.8) is 0 Å². The van der Waals surface area contributed by atoms with Crippen molar-refractivity contribution in [1.29, 1.82) is 0 Å². The SMILES string of the molecule is Fc1cc(CCl)ccc1OC1CCOC2(CCC2)C1. The van der Waals surface area contributed by atoms with E-state index >= 15 is 0 Å². The highest BCUT2D eigenvalue weighted by Crippen LogP contribution is 2.43. The second-order valence-electron chi connectivity index (χ2n) is 5.52. The minimum Gasteiger partial charge on any atom is -0.487 e. The van der Waals surface area contributed by atoms with Gasteiger partial charge < -0.3 is 9.47 Å². The summed E-state index contributed by atoms with van der Waals surface area (Å²) in [5, 5.41) is 0. The molecule has 1 atom stereocenters. The first-order valence-corrected chi connectivity index (χ1v) is 7.39. The van der Waals surface area contributed by atoms with Crippen molar-refractivity contribution < 1.29 is 13.9 Å². The fourth-order valence-electron chi connectivity index (χ4n) is 2.91. The van der Waals surface area contributed by atoms with Gasteiger partial charge in [-0.1, -0.05) is 6.07 Å². The van der Waals surface area contributed by atoms with Crippen molar-refractivity contribution in [3.05, 3.63) is 29.6 Å². The van der Waals surface area contributed by atoms with E-state index in [0.29, 0.717) is 18.2 Å². The molecule has 0 N–H and O–H groups in total. The van der Waals surface area contributed by atoms with Gasteiger partial charge in [0.05, 0.1) is 12.2 Å². The largest absolute Gasteiger partial charge is 0.487 e. The molecule has 1 aromatic carbocycles. The highest BCUT2D eigenvalue weighted by molar-refractivity contribution is 6.17. The van der Waals surface area contributed by atoms with Gasteiger partial charge in [-0.2, -0.15) is 0 Å². The van der Waals surface area contributed by atoms with Crippen molar-refractivity contribution in [2.45, 2.75) is 49.7 Å². The summed E-state index contributed by atoms with van der Waals surface area (Å²) in [7, 11) is 0. The van der Waals surface area contributed by atoms with Gasteiger partial charge in [-0.15, -0.1) is 11.6 Å². The zero-order chi connectivity index (χ0) is 13.3. The van der Waals surface area contributed by atoms with Crippen LogP contribution in [0.4, 0.5) is 4.39 Å². The maximum Gasteiger partial charge on any atom is 0.165 e. The molecule has 2 aliphatic rings. The predicted molar refractivity (Wildman–Crippen MR) is 72.1 cm³/mol. The molecule has 4 heteroatoms. The Bertz CT molecular complexity index is 459. The lowest BCUT2D eigenvalue weighted by atomic mass is 9.74. The monoisotopic (exact) mass is 284 g/mol. The third-order valence-corrected chi connectivity index (χ3v) is 4.47. The van der Waals surface area contributed by atoms with E-state index in [1.807, 2.05) is 6.07 Å². The van der Waals surface area contributed by atoms with Crippen molar-refractivity contribution in [2.75, 3.05) is 6.61 Å². The molecule has 0 radical (unpaired) electrons. The number of hydrogen-bond acceptors (Lipinski definition) is 2. The fraction of sp³-hybridized carbons (Fsp3) is 0.600. The van der Waals surface area contributed by atoms with E-state index in [9.17, 15) is 4.39 Å². The Labute approximate surface area is 117 Å². The summed E-state index contributed by atoms with van der Waals surface area (Å²) >= 11 is 5.68. The lowest BCUT2D eigenvalue weighted by Gasteiger charge is -2.46. The second-order valence-corrected chi connectivity index (χ2v) is 5.78. The first kappa shape index (κ1) is 13.2. The lowest BCUT2D eigenvalue weighted by Crippen LogP contribution is -2.48. The van der Waals surface area contributed by atoms with Crippen LogP contribution in [0.25, 0.3) is 0 Å². The zero-order valence-electron chi connectivity index (χ0n) is 10.8. The summed E-state index contributed by atoms with van der Waals surface area (Å²) in [5.41, 5.74) is 0.795. The van der Waals surface area contributed by atoms with Crippen LogP contribution in [0.15, 0.2) is 18.2 Å². The van der Waals surface area contributed by atoms with Crippen LogP contribution in [-0.2, 0) is 10.6 Å². The summed E-state index contributed by atoms with van der Waals surface area (Å²) in [4.78, 5) is 0. The average Bonchev–Trinajstić information content (AvgIpc) is 2.39. The molecule has 1 saturated carbocycles. The zero-order valence-corrected chi connectivity index (χ0v) is 11.6. The molecule has 2 nitrogen and oxygen atoms in total. The van der Waals surface area contributed by atoms with Crippen LogP contribution in [-0.4, -0.2) is 18.3 Å². The number of hydrogen-bond donors (Lipinski definition) is 0. The number of benzene rings is 1. The van der Waals surface area contributed by atoms with Crippen molar-refractivity contribution in [3.8, 4) is 5.75 Å². The average molecular weight is 285 g/mol. The molecular formula is C15H18ClFO2. The van der Waals surface area contributed by atoms with Crippen molar-refractivity contribution >= 4 is 11.6 Å². The Morgan fingerprint density at radius 1 is 1.42 bits per heavy atom. The van der Waals surface area contributed by atoms with Crippen LogP contribution in [0.2, 0.25) is 0 Å². The molecule has 104 valence electrons. The molecule has 1 saturated heterocycles. The fourth-order valence-corrected chi connectivity index (χ4v) is 3.07. The summed E-state index contributed by atoms with van der Waals surface area (Å²) in [6.45, 7) is 0.714. The van der Waals surface area contributed by atoms with Crippen LogP contribution >= 0.6 is 11.6 Å². The van der Waals surface area contributed by atoms with E-state index in [0.717, 1.165) is 31.2 Å². The van der Waals surface area contributed by atoms with Crippen LogP contribution in [0.1, 0.15) is 37.7 Å². The molecule has 1 heterocycles. The molecule has 1 unspecified atom stereocenters. The maximum atomic E-state index is 13.9. The summed E-state index contributed by atoms with van der Waals surface area (Å²) in [5.74, 6) is 0.319. The smallest absolute Gasteiger partial charge is 0.165 e. The van der Waals surface area contributed by atoms with E-state index in [-0.39, 0.29) is 17.5 Å². The van der Waals surface area contributed by atoms with Gasteiger partial charge in [0.25, 0.3) is 0 Å². The molecule has 1 aliphatic carbocycles. The van der Waals surface area contributed by atoms with Crippen LogP contribution in [0, 0.1) is 5.82 Å². The Balaban J connectivity index is 1.67. The van der Waals surface area contributed by atoms with E-state index in [4.69, 9.17) is 21.1 Å². The molecule has 1 aliphatic heterocycles. The molecule has 0 aromatic heterocycles. The molecule has 0 amide bonds. The van der Waals surface area contributed by atoms with Crippen molar-refractivity contribution in [2.24, 2.45) is 0 Å². The van der Waals surface area contributed by atoms with E-state index in [1.54, 1.807) is 6.07 Å². The van der Waals surface area contributed by atoms with Crippen molar-refractivity contribution in [1.82, 2.24) is 0 Å². The Morgan fingerprint density at radius 3 is 2.89 bits per heavy atom. The van der Waals surface area contributed by atoms with E-state index in [1.165, 1.54) is 12.5 Å². The standard InChI is InChI=1S/C15H18ClFO2/c16-10-11-2-3-14(13(17)8-11)19-12-4-7-18-15(9-12)5-1-6-15/h2-3,8,12H,1,4-7,9-10H2. The molecule has 0 bridgehead atoms. The van der Waals surface area contributed by atoms with Gasteiger partial charge in [-0.3, -0.25) is 0 Å². The van der Waals surface area contributed by atoms with Gasteiger partial charge in [0.15, 0.2) is 11.6 Å². The molecule has 3 rings (SSSR count). The van der Waals surface area contributed by atoms with Crippen LogP contribution < -0.4 is 4.74 Å². The summed E-state index contributed by atoms with van der Waals surface area (Å²) < 4.78 is 25.5. The number of halogens is 2. The summed E-state index contributed by atoms with van der Waals surface area (Å²) in [6, 6.07) is 4.93. The second kappa shape index (κ2) is 5.29. The molecule has 1 aromatic rings. The predicted octanol–water partition coefficient (Wildman–Crippen LogP) is 4.05. The van der Waals surface area contributed by atoms with Gasteiger partial charge in [-0.25, -0.2) is 4.39 Å². The Morgan fingerprint density at radius 2 is 2.26 bits per heavy atom. The number of rotatable bonds is 3. The number of ether oxygens (including phenoxy) is 2. The molecule has 19 heavy (non-hydrogen) atoms. The van der Waals surface area contributed by atoms with Crippen LogP contribution in [0.3, 0.4) is 0 Å². The normalized spacial score (nSPS) is 25.1. The quantitative estimate of drug-likeness (QED) is 0.780. The van der Waals surface area contributed by atoms with Gasteiger partial charge in [0.1, 0.15) is 6.10 Å². The molecule has 2 fully saturated rings. The third kappa shape index (κ3) is 2.72. The maximum absolute atomic E-state index is 13.9. The highest BCUT2D eigenvalue weighted by Gasteiger charge is 2.43. The topological polar surface area (TPSA) is 18.5 Å². The highest BCUT2D eigenvalue weighted by atomic mass is 35.5. The van der Waals surface area contributed by atoms with Gasteiger partial charge >= 0.3 is 0 Å². The Kier molecular flexibility index (Phi) is 3.68. The van der Waals surface area contributed by atoms with E-state index < -0.39 is 0 Å². The van der Waals surface area contributed by atoms with Gasteiger partial charge in [0.2, 0.25) is 0 Å². The molecule has 1 spiro atoms. The summed E-state index contributed by atoms with van der Waals surface area (Å²) in [6.07, 6.45) is 5.22. The lowest BCUT2D eigenvalue weighted by molar-refractivity contribution is -0.153.